The first-order valence-corrected chi connectivity index (χ1v) is 6.62. The maximum atomic E-state index is 10.2. The zero-order chi connectivity index (χ0) is 13.8. The van der Waals surface area contributed by atoms with E-state index in [1.807, 2.05) is 54.6 Å². The molecule has 1 radical (unpaired) electrons. The highest BCUT2D eigenvalue weighted by atomic mass is 16.3. The number of para-hydroxylation sites is 1. The van der Waals surface area contributed by atoms with Crippen LogP contribution in [0.3, 0.4) is 0 Å². The highest BCUT2D eigenvalue weighted by Crippen LogP contribution is 2.35. The summed E-state index contributed by atoms with van der Waals surface area (Å²) in [4.78, 5) is 0. The van der Waals surface area contributed by atoms with Gasteiger partial charge in [0.15, 0.2) is 0 Å². The van der Waals surface area contributed by atoms with E-state index in [9.17, 15) is 5.11 Å². The van der Waals surface area contributed by atoms with Crippen molar-refractivity contribution >= 4 is 0 Å². The van der Waals surface area contributed by atoms with Crippen LogP contribution in [-0.4, -0.2) is 5.11 Å². The summed E-state index contributed by atoms with van der Waals surface area (Å²) in [6, 6.07) is 27.8. The summed E-state index contributed by atoms with van der Waals surface area (Å²) in [6.07, 6.45) is 0. The molecule has 0 saturated heterocycles. The van der Waals surface area contributed by atoms with E-state index in [1.165, 1.54) is 0 Å². The van der Waals surface area contributed by atoms with Crippen LogP contribution in [-0.2, 0) is 0 Å². The maximum Gasteiger partial charge on any atom is 0.120 e. The molecule has 3 rings (SSSR count). The van der Waals surface area contributed by atoms with Crippen molar-refractivity contribution in [3.8, 4) is 5.75 Å². The van der Waals surface area contributed by atoms with E-state index in [-0.39, 0.29) is 0 Å². The molecular weight excluding hydrogens is 244 g/mol. The van der Waals surface area contributed by atoms with Crippen LogP contribution >= 0.6 is 0 Å². The van der Waals surface area contributed by atoms with Gasteiger partial charge in [-0.3, -0.25) is 0 Å². The van der Waals surface area contributed by atoms with Gasteiger partial charge in [-0.2, -0.15) is 0 Å². The number of rotatable bonds is 3. The average molecular weight is 259 g/mol. The van der Waals surface area contributed by atoms with Gasteiger partial charge in [-0.05, 0) is 17.2 Å². The second kappa shape index (κ2) is 5.62. The Morgan fingerprint density at radius 3 is 1.50 bits per heavy atom. The van der Waals surface area contributed by atoms with Gasteiger partial charge in [0.05, 0.1) is 5.92 Å². The molecule has 0 unspecified atom stereocenters. The Bertz CT molecular complexity index is 635. The van der Waals surface area contributed by atoms with E-state index < -0.39 is 0 Å². The van der Waals surface area contributed by atoms with E-state index in [4.69, 9.17) is 0 Å². The minimum Gasteiger partial charge on any atom is -0.508 e. The van der Waals surface area contributed by atoms with Crippen molar-refractivity contribution in [1.82, 2.24) is 0 Å². The highest BCUT2D eigenvalue weighted by Gasteiger charge is 2.19. The molecule has 0 aromatic heterocycles. The molecule has 0 aliphatic rings. The molecule has 0 spiro atoms. The van der Waals surface area contributed by atoms with E-state index in [0.717, 1.165) is 22.6 Å². The fourth-order valence-corrected chi connectivity index (χ4v) is 2.37. The molecule has 0 saturated carbocycles. The summed E-state index contributed by atoms with van der Waals surface area (Å²) < 4.78 is 0. The van der Waals surface area contributed by atoms with Crippen molar-refractivity contribution in [3.63, 3.8) is 0 Å². The molecular formula is C19H15O. The maximum absolute atomic E-state index is 10.2. The van der Waals surface area contributed by atoms with Crippen molar-refractivity contribution in [2.75, 3.05) is 0 Å². The van der Waals surface area contributed by atoms with E-state index in [1.54, 1.807) is 6.07 Å². The van der Waals surface area contributed by atoms with Crippen LogP contribution < -0.4 is 0 Å². The molecule has 0 fully saturated rings. The zero-order valence-corrected chi connectivity index (χ0v) is 11.0. The first-order chi connectivity index (χ1) is 9.86. The van der Waals surface area contributed by atoms with E-state index in [0.29, 0.717) is 5.75 Å². The van der Waals surface area contributed by atoms with Gasteiger partial charge in [-0.25, -0.2) is 0 Å². The Labute approximate surface area is 119 Å². The molecule has 0 aliphatic carbocycles. The molecule has 20 heavy (non-hydrogen) atoms. The molecule has 1 heteroatoms. The molecule has 0 amide bonds. The topological polar surface area (TPSA) is 20.2 Å². The van der Waals surface area contributed by atoms with Gasteiger partial charge in [-0.1, -0.05) is 78.9 Å². The van der Waals surface area contributed by atoms with E-state index in [2.05, 4.69) is 24.3 Å². The van der Waals surface area contributed by atoms with Gasteiger partial charge in [0, 0.05) is 5.56 Å². The third-order valence-electron chi connectivity index (χ3n) is 3.30. The monoisotopic (exact) mass is 259 g/mol. The molecule has 1 nitrogen and oxygen atoms in total. The van der Waals surface area contributed by atoms with Crippen LogP contribution in [0.15, 0.2) is 84.9 Å². The third kappa shape index (κ3) is 2.43. The van der Waals surface area contributed by atoms with Crippen molar-refractivity contribution in [2.24, 2.45) is 0 Å². The standard InChI is InChI=1S/C19H15O/c20-18-14-8-7-13-17(18)19(15-9-3-1-4-10-15)16-11-5-2-6-12-16/h1-14,20H. The lowest BCUT2D eigenvalue weighted by molar-refractivity contribution is 0.471. The van der Waals surface area contributed by atoms with Crippen LogP contribution in [0.1, 0.15) is 16.7 Å². The Balaban J connectivity index is 2.17. The molecule has 1 N–H and O–H groups in total. The summed E-state index contributed by atoms with van der Waals surface area (Å²) in [6.45, 7) is 0. The van der Waals surface area contributed by atoms with Crippen molar-refractivity contribution < 1.29 is 5.11 Å². The molecule has 0 atom stereocenters. The number of aromatic hydroxyl groups is 1. The van der Waals surface area contributed by atoms with Crippen molar-refractivity contribution in [3.05, 3.63) is 108 Å². The van der Waals surface area contributed by atoms with Crippen molar-refractivity contribution in [2.45, 2.75) is 0 Å². The van der Waals surface area contributed by atoms with Gasteiger partial charge in [0.1, 0.15) is 5.75 Å². The summed E-state index contributed by atoms with van der Waals surface area (Å²) in [5, 5.41) is 10.2. The summed E-state index contributed by atoms with van der Waals surface area (Å²) in [5.41, 5.74) is 3.05. The number of phenols is 1. The predicted octanol–water partition coefficient (Wildman–Crippen LogP) is 4.41. The third-order valence-corrected chi connectivity index (χ3v) is 3.30. The van der Waals surface area contributed by atoms with E-state index >= 15 is 0 Å². The second-order valence-electron chi connectivity index (χ2n) is 4.62. The van der Waals surface area contributed by atoms with Crippen molar-refractivity contribution in [1.29, 1.82) is 0 Å². The molecule has 3 aromatic rings. The van der Waals surface area contributed by atoms with Crippen LogP contribution in [0.25, 0.3) is 0 Å². The molecule has 0 aliphatic heterocycles. The predicted molar refractivity (Wildman–Crippen MR) is 81.5 cm³/mol. The van der Waals surface area contributed by atoms with Gasteiger partial charge >= 0.3 is 0 Å². The van der Waals surface area contributed by atoms with Gasteiger partial charge < -0.3 is 5.11 Å². The minimum atomic E-state index is 0.301. The van der Waals surface area contributed by atoms with Gasteiger partial charge in [0.25, 0.3) is 0 Å². The fraction of sp³-hybridized carbons (Fsp3) is 0. The molecule has 3 aromatic carbocycles. The SMILES string of the molecule is Oc1ccccc1[C](c1ccccc1)c1ccccc1. The molecule has 0 bridgehead atoms. The number of hydrogen-bond donors (Lipinski definition) is 1. The summed E-state index contributed by atoms with van der Waals surface area (Å²) in [7, 11) is 0. The van der Waals surface area contributed by atoms with Crippen LogP contribution in [0.2, 0.25) is 0 Å². The Hall–Kier alpha value is -2.54. The Morgan fingerprint density at radius 2 is 1.00 bits per heavy atom. The first-order valence-electron chi connectivity index (χ1n) is 6.62. The van der Waals surface area contributed by atoms with Crippen LogP contribution in [0.5, 0.6) is 5.75 Å². The van der Waals surface area contributed by atoms with Gasteiger partial charge in [-0.15, -0.1) is 0 Å². The van der Waals surface area contributed by atoms with Gasteiger partial charge in [0.2, 0.25) is 0 Å². The zero-order valence-electron chi connectivity index (χ0n) is 11.0. The highest BCUT2D eigenvalue weighted by molar-refractivity contribution is 5.60. The average Bonchev–Trinajstić information content (AvgIpc) is 2.52. The smallest absolute Gasteiger partial charge is 0.120 e. The Kier molecular flexibility index (Phi) is 3.51. The Morgan fingerprint density at radius 1 is 0.550 bits per heavy atom. The molecule has 97 valence electrons. The summed E-state index contributed by atoms with van der Waals surface area (Å²) in [5.74, 6) is 1.35. The number of hydrogen-bond acceptors (Lipinski definition) is 1. The normalized spacial score (nSPS) is 10.7. The lowest BCUT2D eigenvalue weighted by Gasteiger charge is -2.18. The fourth-order valence-electron chi connectivity index (χ4n) is 2.37. The van der Waals surface area contributed by atoms with Crippen LogP contribution in [0, 0.1) is 5.92 Å². The minimum absolute atomic E-state index is 0.301. The molecule has 0 heterocycles. The lowest BCUT2D eigenvalue weighted by atomic mass is 9.85. The summed E-state index contributed by atoms with van der Waals surface area (Å²) >= 11 is 0. The second-order valence-corrected chi connectivity index (χ2v) is 4.62. The first kappa shape index (κ1) is 12.5. The number of phenolic OH excluding ortho intramolecular Hbond substituents is 1. The quantitative estimate of drug-likeness (QED) is 0.691. The van der Waals surface area contributed by atoms with Crippen LogP contribution in [0.4, 0.5) is 0 Å². The largest absolute Gasteiger partial charge is 0.508 e. The number of benzene rings is 3. The lowest BCUT2D eigenvalue weighted by Crippen LogP contribution is -2.04.